The normalized spacial score (nSPS) is 10.9. The van der Waals surface area contributed by atoms with Crippen molar-refractivity contribution in [2.75, 3.05) is 5.32 Å². The number of nitrogens with one attached hydrogen (secondary N) is 1. The van der Waals surface area contributed by atoms with E-state index in [4.69, 9.17) is 0 Å². The Bertz CT molecular complexity index is 503. The molecule has 2 rings (SSSR count). The Morgan fingerprint density at radius 1 is 0.882 bits per heavy atom. The molecule has 0 saturated carbocycles. The van der Waals surface area contributed by atoms with Crippen molar-refractivity contribution in [2.45, 2.75) is 0 Å². The Balaban J connectivity index is 2.18. The Morgan fingerprint density at radius 2 is 1.47 bits per heavy atom. The quantitative estimate of drug-likeness (QED) is 0.636. The van der Waals surface area contributed by atoms with Crippen LogP contribution in [0.1, 0.15) is 5.56 Å². The largest absolute Gasteiger partial charge is 0.353 e. The summed E-state index contributed by atoms with van der Waals surface area (Å²) >= 11 is 0. The fourth-order valence-electron chi connectivity index (χ4n) is 1.52. The zero-order chi connectivity index (χ0) is 11.9. The minimum atomic E-state index is 0.544. The fourth-order valence-corrected chi connectivity index (χ4v) is 1.52. The first-order valence-corrected chi connectivity index (χ1v) is 5.42. The van der Waals surface area contributed by atoms with Gasteiger partial charge in [-0.15, -0.1) is 0 Å². The number of carbonyl (C=O) groups excluding carboxylic acids is 1. The molecule has 0 bridgehead atoms. The van der Waals surface area contributed by atoms with Gasteiger partial charge in [-0.1, -0.05) is 48.5 Å². The molecular weight excluding hydrogens is 210 g/mol. The molecular formula is C15H13NO. The van der Waals surface area contributed by atoms with E-state index in [1.54, 1.807) is 0 Å². The van der Waals surface area contributed by atoms with Crippen LogP contribution in [0.4, 0.5) is 5.69 Å². The van der Waals surface area contributed by atoms with Crippen molar-refractivity contribution < 1.29 is 4.79 Å². The van der Waals surface area contributed by atoms with Gasteiger partial charge in [-0.3, -0.25) is 4.79 Å². The van der Waals surface area contributed by atoms with Gasteiger partial charge in [-0.2, -0.15) is 0 Å². The second-order valence-electron chi connectivity index (χ2n) is 3.62. The molecule has 0 fully saturated rings. The molecule has 2 nitrogen and oxygen atoms in total. The average Bonchev–Trinajstić information content (AvgIpc) is 2.40. The number of para-hydroxylation sites is 1. The van der Waals surface area contributed by atoms with Gasteiger partial charge in [0.1, 0.15) is 0 Å². The number of hydrogen-bond donors (Lipinski definition) is 1. The number of carbonyl (C=O) groups is 1. The topological polar surface area (TPSA) is 29.1 Å². The van der Waals surface area contributed by atoms with Crippen LogP contribution in [-0.4, -0.2) is 6.29 Å². The SMILES string of the molecule is O=CC(=Cc1ccccc1)Nc1ccccc1. The Morgan fingerprint density at radius 3 is 2.06 bits per heavy atom. The van der Waals surface area contributed by atoms with Gasteiger partial charge in [0.2, 0.25) is 0 Å². The smallest absolute Gasteiger partial charge is 0.166 e. The van der Waals surface area contributed by atoms with Crippen LogP contribution in [0.25, 0.3) is 6.08 Å². The van der Waals surface area contributed by atoms with Crippen molar-refractivity contribution in [1.29, 1.82) is 0 Å². The first-order chi connectivity index (χ1) is 8.38. The summed E-state index contributed by atoms with van der Waals surface area (Å²) in [7, 11) is 0. The third kappa shape index (κ3) is 3.31. The van der Waals surface area contributed by atoms with Crippen LogP contribution < -0.4 is 5.32 Å². The summed E-state index contributed by atoms with van der Waals surface area (Å²) in [5.74, 6) is 0. The molecule has 0 unspecified atom stereocenters. The molecule has 2 heteroatoms. The fraction of sp³-hybridized carbons (Fsp3) is 0. The van der Waals surface area contributed by atoms with Gasteiger partial charge >= 0.3 is 0 Å². The summed E-state index contributed by atoms with van der Waals surface area (Å²) < 4.78 is 0. The van der Waals surface area contributed by atoms with Crippen molar-refractivity contribution in [1.82, 2.24) is 0 Å². The highest BCUT2D eigenvalue weighted by atomic mass is 16.1. The van der Waals surface area contributed by atoms with Crippen molar-refractivity contribution in [2.24, 2.45) is 0 Å². The van der Waals surface area contributed by atoms with Crippen molar-refractivity contribution in [3.63, 3.8) is 0 Å². The van der Waals surface area contributed by atoms with Gasteiger partial charge in [0, 0.05) is 5.69 Å². The Labute approximate surface area is 101 Å². The average molecular weight is 223 g/mol. The summed E-state index contributed by atoms with van der Waals surface area (Å²) in [5.41, 5.74) is 2.45. The summed E-state index contributed by atoms with van der Waals surface area (Å²) in [4.78, 5) is 11.0. The van der Waals surface area contributed by atoms with E-state index in [1.807, 2.05) is 66.7 Å². The first-order valence-electron chi connectivity index (χ1n) is 5.42. The molecule has 0 aliphatic carbocycles. The highest BCUT2D eigenvalue weighted by molar-refractivity contribution is 5.86. The molecule has 2 aromatic carbocycles. The molecule has 0 radical (unpaired) electrons. The lowest BCUT2D eigenvalue weighted by atomic mass is 10.2. The van der Waals surface area contributed by atoms with E-state index in [1.165, 1.54) is 0 Å². The standard InChI is InChI=1S/C15H13NO/c17-12-15(11-13-7-3-1-4-8-13)16-14-9-5-2-6-10-14/h1-12,16H. The third-order valence-corrected chi connectivity index (χ3v) is 2.31. The highest BCUT2D eigenvalue weighted by Gasteiger charge is 1.96. The number of anilines is 1. The predicted molar refractivity (Wildman–Crippen MR) is 70.5 cm³/mol. The van der Waals surface area contributed by atoms with Crippen molar-refractivity contribution in [3.05, 3.63) is 71.9 Å². The molecule has 0 spiro atoms. The summed E-state index contributed by atoms with van der Waals surface area (Å²) in [6, 6.07) is 19.4. The van der Waals surface area contributed by atoms with E-state index >= 15 is 0 Å². The number of allylic oxidation sites excluding steroid dienone is 1. The number of hydrogen-bond acceptors (Lipinski definition) is 2. The summed E-state index contributed by atoms with van der Waals surface area (Å²) in [6.07, 6.45) is 2.64. The zero-order valence-corrected chi connectivity index (χ0v) is 9.34. The van der Waals surface area contributed by atoms with Gasteiger partial charge < -0.3 is 5.32 Å². The third-order valence-electron chi connectivity index (χ3n) is 2.31. The van der Waals surface area contributed by atoms with Gasteiger partial charge in [-0.05, 0) is 23.8 Å². The van der Waals surface area contributed by atoms with Gasteiger partial charge in [-0.25, -0.2) is 0 Å². The van der Waals surface area contributed by atoms with Gasteiger partial charge in [0.25, 0.3) is 0 Å². The minimum Gasteiger partial charge on any atom is -0.353 e. The van der Waals surface area contributed by atoms with E-state index in [-0.39, 0.29) is 0 Å². The second kappa shape index (κ2) is 5.66. The maximum Gasteiger partial charge on any atom is 0.166 e. The highest BCUT2D eigenvalue weighted by Crippen LogP contribution is 2.10. The monoisotopic (exact) mass is 223 g/mol. The van der Waals surface area contributed by atoms with E-state index < -0.39 is 0 Å². The molecule has 0 aliphatic heterocycles. The molecule has 0 aliphatic rings. The molecule has 0 saturated heterocycles. The lowest BCUT2D eigenvalue weighted by Gasteiger charge is -2.05. The Hall–Kier alpha value is -2.35. The Kier molecular flexibility index (Phi) is 3.71. The van der Waals surface area contributed by atoms with Crippen LogP contribution in [0.5, 0.6) is 0 Å². The lowest BCUT2D eigenvalue weighted by Crippen LogP contribution is -2.00. The molecule has 0 amide bonds. The maximum atomic E-state index is 11.0. The second-order valence-corrected chi connectivity index (χ2v) is 3.62. The van der Waals surface area contributed by atoms with Crippen LogP contribution >= 0.6 is 0 Å². The molecule has 2 aromatic rings. The van der Waals surface area contributed by atoms with Crippen LogP contribution in [0.2, 0.25) is 0 Å². The summed E-state index contributed by atoms with van der Waals surface area (Å²) in [5, 5.41) is 3.07. The van der Waals surface area contributed by atoms with E-state index in [0.717, 1.165) is 17.5 Å². The number of rotatable bonds is 4. The summed E-state index contributed by atoms with van der Waals surface area (Å²) in [6.45, 7) is 0. The van der Waals surface area contributed by atoms with E-state index in [2.05, 4.69) is 5.32 Å². The predicted octanol–water partition coefficient (Wildman–Crippen LogP) is 3.34. The van der Waals surface area contributed by atoms with Crippen LogP contribution in [0, 0.1) is 0 Å². The van der Waals surface area contributed by atoms with Crippen molar-refractivity contribution >= 4 is 18.0 Å². The number of aldehydes is 1. The van der Waals surface area contributed by atoms with Gasteiger partial charge in [0.15, 0.2) is 6.29 Å². The van der Waals surface area contributed by atoms with Gasteiger partial charge in [0.05, 0.1) is 5.70 Å². The molecule has 0 atom stereocenters. The van der Waals surface area contributed by atoms with E-state index in [9.17, 15) is 4.79 Å². The molecule has 17 heavy (non-hydrogen) atoms. The van der Waals surface area contributed by atoms with Crippen LogP contribution in [0.15, 0.2) is 66.4 Å². The van der Waals surface area contributed by atoms with Crippen LogP contribution in [0.3, 0.4) is 0 Å². The lowest BCUT2D eigenvalue weighted by molar-refractivity contribution is -0.104. The number of benzene rings is 2. The maximum absolute atomic E-state index is 11.0. The molecule has 0 heterocycles. The van der Waals surface area contributed by atoms with E-state index in [0.29, 0.717) is 5.70 Å². The first kappa shape index (κ1) is 11.1. The van der Waals surface area contributed by atoms with Crippen LogP contribution in [-0.2, 0) is 4.79 Å². The minimum absolute atomic E-state index is 0.544. The molecule has 1 N–H and O–H groups in total. The van der Waals surface area contributed by atoms with Crippen molar-refractivity contribution in [3.8, 4) is 0 Å². The molecule has 84 valence electrons. The zero-order valence-electron chi connectivity index (χ0n) is 9.34. The molecule has 0 aromatic heterocycles.